The molecule has 76 valence electrons. The maximum absolute atomic E-state index is 12.5. The second kappa shape index (κ2) is 2.56. The zero-order valence-electron chi connectivity index (χ0n) is 7.26. The van der Waals surface area contributed by atoms with Crippen molar-refractivity contribution >= 4 is 0 Å². The summed E-state index contributed by atoms with van der Waals surface area (Å²) in [4.78, 5) is 0. The third-order valence-corrected chi connectivity index (χ3v) is 1.97. The molecule has 0 atom stereocenters. The molecule has 0 unspecified atom stereocenters. The Hall–Kier alpha value is -1.39. The number of benzene rings is 1. The molecule has 0 amide bonds. The molecule has 0 fully saturated rings. The first-order valence-electron chi connectivity index (χ1n) is 3.96. The van der Waals surface area contributed by atoms with E-state index in [2.05, 4.69) is 0 Å². The lowest BCUT2D eigenvalue weighted by Gasteiger charge is -2.25. The highest BCUT2D eigenvalue weighted by molar-refractivity contribution is 5.43. The highest BCUT2D eigenvalue weighted by atomic mass is 19.4. The van der Waals surface area contributed by atoms with E-state index < -0.39 is 12.0 Å². The minimum Gasteiger partial charge on any atom is -0.441 e. The summed E-state index contributed by atoms with van der Waals surface area (Å²) in [5.41, 5.74) is 0. The molecule has 2 nitrogen and oxygen atoms in total. The van der Waals surface area contributed by atoms with Crippen LogP contribution in [0, 0.1) is 0 Å². The minimum atomic E-state index is -4.55. The molecule has 2 rings (SSSR count). The molecule has 0 radical (unpaired) electrons. The summed E-state index contributed by atoms with van der Waals surface area (Å²) in [6.07, 6.45) is -4.55. The van der Waals surface area contributed by atoms with Gasteiger partial charge in [-0.2, -0.15) is 13.2 Å². The van der Waals surface area contributed by atoms with Gasteiger partial charge in [-0.25, -0.2) is 0 Å². The van der Waals surface area contributed by atoms with Crippen LogP contribution in [0.4, 0.5) is 13.2 Å². The maximum Gasteiger partial charge on any atom is 0.467 e. The lowest BCUT2D eigenvalue weighted by atomic mass is 10.3. The molecule has 0 saturated heterocycles. The molecular formula is C9H7F3O2. The van der Waals surface area contributed by atoms with Crippen molar-refractivity contribution in [1.29, 1.82) is 0 Å². The summed E-state index contributed by atoms with van der Waals surface area (Å²) in [6.45, 7) is 0.854. The fourth-order valence-corrected chi connectivity index (χ4v) is 1.18. The van der Waals surface area contributed by atoms with Gasteiger partial charge < -0.3 is 9.47 Å². The highest BCUT2D eigenvalue weighted by Crippen LogP contribution is 2.45. The number of ether oxygens (including phenoxy) is 2. The second-order valence-electron chi connectivity index (χ2n) is 3.09. The van der Waals surface area contributed by atoms with Crippen LogP contribution in [-0.4, -0.2) is 12.0 Å². The lowest BCUT2D eigenvalue weighted by molar-refractivity contribution is -0.300. The summed E-state index contributed by atoms with van der Waals surface area (Å²) in [6, 6.07) is 6.05. The van der Waals surface area contributed by atoms with Crippen LogP contribution in [0.25, 0.3) is 0 Å². The molecule has 5 heteroatoms. The van der Waals surface area contributed by atoms with Gasteiger partial charge in [0.25, 0.3) is 0 Å². The van der Waals surface area contributed by atoms with Crippen LogP contribution in [0.1, 0.15) is 6.92 Å². The van der Waals surface area contributed by atoms with E-state index in [4.69, 9.17) is 9.47 Å². The maximum atomic E-state index is 12.5. The van der Waals surface area contributed by atoms with E-state index in [-0.39, 0.29) is 11.5 Å². The zero-order valence-corrected chi connectivity index (χ0v) is 7.26. The Balaban J connectivity index is 2.35. The van der Waals surface area contributed by atoms with Gasteiger partial charge in [0, 0.05) is 6.92 Å². The second-order valence-corrected chi connectivity index (χ2v) is 3.09. The number of alkyl halides is 3. The first kappa shape index (κ1) is 9.18. The summed E-state index contributed by atoms with van der Waals surface area (Å²) in [7, 11) is 0. The van der Waals surface area contributed by atoms with E-state index in [1.807, 2.05) is 0 Å². The SMILES string of the molecule is CC1(C(F)(F)F)Oc2ccccc2O1. The molecule has 0 bridgehead atoms. The quantitative estimate of drug-likeness (QED) is 0.646. The van der Waals surface area contributed by atoms with Crippen molar-refractivity contribution in [1.82, 2.24) is 0 Å². The van der Waals surface area contributed by atoms with E-state index in [0.717, 1.165) is 6.92 Å². The topological polar surface area (TPSA) is 18.5 Å². The van der Waals surface area contributed by atoms with Crippen LogP contribution in [0.15, 0.2) is 24.3 Å². The van der Waals surface area contributed by atoms with Gasteiger partial charge in [-0.05, 0) is 12.1 Å². The number of para-hydroxylation sites is 2. The molecule has 1 aliphatic heterocycles. The van der Waals surface area contributed by atoms with Gasteiger partial charge in [-0.15, -0.1) is 0 Å². The molecule has 14 heavy (non-hydrogen) atoms. The van der Waals surface area contributed by atoms with Crippen LogP contribution >= 0.6 is 0 Å². The first-order valence-corrected chi connectivity index (χ1v) is 3.96. The Bertz CT molecular complexity index is 334. The Morgan fingerprint density at radius 1 is 1.07 bits per heavy atom. The van der Waals surface area contributed by atoms with Crippen LogP contribution in [0.3, 0.4) is 0 Å². The van der Waals surface area contributed by atoms with Crippen molar-refractivity contribution in [3.8, 4) is 11.5 Å². The predicted molar refractivity (Wildman–Crippen MR) is 42.2 cm³/mol. The smallest absolute Gasteiger partial charge is 0.441 e. The highest BCUT2D eigenvalue weighted by Gasteiger charge is 2.59. The van der Waals surface area contributed by atoms with Crippen molar-refractivity contribution in [3.05, 3.63) is 24.3 Å². The van der Waals surface area contributed by atoms with Gasteiger partial charge >= 0.3 is 12.0 Å². The van der Waals surface area contributed by atoms with E-state index in [0.29, 0.717) is 0 Å². The van der Waals surface area contributed by atoms with Crippen LogP contribution in [0.5, 0.6) is 11.5 Å². The number of hydrogen-bond acceptors (Lipinski definition) is 2. The van der Waals surface area contributed by atoms with Crippen LogP contribution in [0.2, 0.25) is 0 Å². The molecule has 1 aromatic carbocycles. The van der Waals surface area contributed by atoms with Crippen molar-refractivity contribution in [2.45, 2.75) is 18.9 Å². The van der Waals surface area contributed by atoms with Gasteiger partial charge in [-0.1, -0.05) is 12.1 Å². The number of halogens is 3. The average Bonchev–Trinajstić information content (AvgIpc) is 2.40. The minimum absolute atomic E-state index is 0.118. The largest absolute Gasteiger partial charge is 0.467 e. The molecule has 0 aliphatic carbocycles. The van der Waals surface area contributed by atoms with E-state index >= 15 is 0 Å². The van der Waals surface area contributed by atoms with Gasteiger partial charge in [0.2, 0.25) is 0 Å². The Morgan fingerprint density at radius 3 is 1.86 bits per heavy atom. The molecule has 0 saturated carbocycles. The third kappa shape index (κ3) is 1.20. The summed E-state index contributed by atoms with van der Waals surface area (Å²) in [5.74, 6) is -2.32. The molecule has 1 heterocycles. The fraction of sp³-hybridized carbons (Fsp3) is 0.333. The van der Waals surface area contributed by atoms with Gasteiger partial charge in [-0.3, -0.25) is 0 Å². The van der Waals surface area contributed by atoms with Gasteiger partial charge in [0.05, 0.1) is 0 Å². The lowest BCUT2D eigenvalue weighted by Crippen LogP contribution is -2.49. The van der Waals surface area contributed by atoms with Crippen molar-refractivity contribution in [3.63, 3.8) is 0 Å². The predicted octanol–water partition coefficient (Wildman–Crippen LogP) is 2.74. The fourth-order valence-electron chi connectivity index (χ4n) is 1.18. The molecule has 1 aliphatic rings. The molecule has 0 N–H and O–H groups in total. The summed E-state index contributed by atoms with van der Waals surface area (Å²) < 4.78 is 46.8. The summed E-state index contributed by atoms with van der Waals surface area (Å²) in [5, 5.41) is 0. The molecular weight excluding hydrogens is 197 g/mol. The van der Waals surface area contributed by atoms with Gasteiger partial charge in [0.1, 0.15) is 0 Å². The Morgan fingerprint density at radius 2 is 1.50 bits per heavy atom. The van der Waals surface area contributed by atoms with E-state index in [1.54, 1.807) is 12.1 Å². The standard InChI is InChI=1S/C9H7F3O2/c1-8(9(10,11)12)13-6-4-2-3-5-7(6)14-8/h2-5H,1H3. The normalized spacial score (nSPS) is 18.3. The van der Waals surface area contributed by atoms with Crippen molar-refractivity contribution in [2.24, 2.45) is 0 Å². The monoisotopic (exact) mass is 204 g/mol. The third-order valence-electron chi connectivity index (χ3n) is 1.97. The van der Waals surface area contributed by atoms with E-state index in [1.165, 1.54) is 12.1 Å². The van der Waals surface area contributed by atoms with Crippen molar-refractivity contribution in [2.75, 3.05) is 0 Å². The molecule has 1 aromatic rings. The van der Waals surface area contributed by atoms with Gasteiger partial charge in [0.15, 0.2) is 11.5 Å². The van der Waals surface area contributed by atoms with Crippen LogP contribution < -0.4 is 9.47 Å². The zero-order chi connectivity index (χ0) is 10.4. The number of rotatable bonds is 0. The molecule has 0 aromatic heterocycles. The number of hydrogen-bond donors (Lipinski definition) is 0. The molecule has 0 spiro atoms. The Kier molecular flexibility index (Phi) is 1.68. The summed E-state index contributed by atoms with van der Waals surface area (Å²) >= 11 is 0. The van der Waals surface area contributed by atoms with E-state index in [9.17, 15) is 13.2 Å². The first-order chi connectivity index (χ1) is 6.42. The van der Waals surface area contributed by atoms with Crippen LogP contribution in [-0.2, 0) is 0 Å². The Labute approximate surface area is 78.2 Å². The van der Waals surface area contributed by atoms with Crippen molar-refractivity contribution < 1.29 is 22.6 Å². The number of fused-ring (bicyclic) bond motifs is 1. The average molecular weight is 204 g/mol.